The molecule has 1 saturated heterocycles. The summed E-state index contributed by atoms with van der Waals surface area (Å²) in [6.07, 6.45) is 3.79. The lowest BCUT2D eigenvalue weighted by Gasteiger charge is -2.33. The molecule has 1 atom stereocenters. The minimum atomic E-state index is 0.0304. The molecule has 0 aromatic carbocycles. The number of nitrogens with one attached hydrogen (secondary N) is 1. The van der Waals surface area contributed by atoms with Gasteiger partial charge in [0.1, 0.15) is 12.1 Å². The Balaban J connectivity index is 1.97. The van der Waals surface area contributed by atoms with Crippen molar-refractivity contribution in [1.29, 1.82) is 0 Å². The van der Waals surface area contributed by atoms with Crippen LogP contribution in [0.4, 0.5) is 5.82 Å². The van der Waals surface area contributed by atoms with E-state index in [9.17, 15) is 4.79 Å². The molecule has 1 aliphatic rings. The van der Waals surface area contributed by atoms with Crippen LogP contribution in [0.15, 0.2) is 12.4 Å². The Morgan fingerprint density at radius 2 is 2.40 bits per heavy atom. The largest absolute Gasteiger partial charge is 0.478 e. The van der Waals surface area contributed by atoms with Gasteiger partial charge >= 0.3 is 0 Å². The van der Waals surface area contributed by atoms with Crippen LogP contribution in [0.1, 0.15) is 26.7 Å². The lowest BCUT2D eigenvalue weighted by atomic mass is 9.98. The number of rotatable bonds is 5. The molecule has 0 bridgehead atoms. The molecule has 1 unspecified atom stereocenters. The molecule has 110 valence electrons. The van der Waals surface area contributed by atoms with Gasteiger partial charge in [-0.05, 0) is 25.7 Å². The molecule has 1 aromatic rings. The van der Waals surface area contributed by atoms with Crippen molar-refractivity contribution in [2.45, 2.75) is 26.7 Å². The molecular formula is C14H22N4O2. The van der Waals surface area contributed by atoms with Crippen molar-refractivity contribution in [3.63, 3.8) is 0 Å². The highest BCUT2D eigenvalue weighted by atomic mass is 16.5. The summed E-state index contributed by atoms with van der Waals surface area (Å²) in [6.45, 7) is 6.71. The van der Waals surface area contributed by atoms with Gasteiger partial charge in [-0.25, -0.2) is 9.97 Å². The van der Waals surface area contributed by atoms with Crippen LogP contribution in [0.2, 0.25) is 0 Å². The zero-order valence-electron chi connectivity index (χ0n) is 12.1. The molecule has 1 amide bonds. The van der Waals surface area contributed by atoms with Crippen LogP contribution < -0.4 is 15.0 Å². The first-order chi connectivity index (χ1) is 9.69. The molecule has 0 radical (unpaired) electrons. The van der Waals surface area contributed by atoms with Crippen LogP contribution in [0.3, 0.4) is 0 Å². The zero-order chi connectivity index (χ0) is 14.4. The van der Waals surface area contributed by atoms with Crippen molar-refractivity contribution < 1.29 is 9.53 Å². The van der Waals surface area contributed by atoms with Crippen molar-refractivity contribution in [3.8, 4) is 5.88 Å². The van der Waals surface area contributed by atoms with Crippen LogP contribution >= 0.6 is 0 Å². The monoisotopic (exact) mass is 278 g/mol. The minimum absolute atomic E-state index is 0.0304. The van der Waals surface area contributed by atoms with E-state index in [0.717, 1.165) is 38.3 Å². The van der Waals surface area contributed by atoms with E-state index in [-0.39, 0.29) is 5.91 Å². The van der Waals surface area contributed by atoms with Crippen molar-refractivity contribution in [1.82, 2.24) is 15.3 Å². The average molecular weight is 278 g/mol. The number of carbonyl (C=O) groups excluding carboxylic acids is 1. The van der Waals surface area contributed by atoms with E-state index in [1.165, 1.54) is 6.33 Å². The first-order valence-corrected chi connectivity index (χ1v) is 7.13. The standard InChI is InChI=1S/C14H22N4O2/c1-3-20-14-7-13(16-10-17-14)18-6-4-5-12(9-18)8-15-11(2)19/h7,10,12H,3-6,8-9H2,1-2H3,(H,15,19). The Morgan fingerprint density at radius 1 is 1.55 bits per heavy atom. The number of ether oxygens (including phenoxy) is 1. The van der Waals surface area contributed by atoms with Gasteiger partial charge in [0.05, 0.1) is 6.61 Å². The van der Waals surface area contributed by atoms with Gasteiger partial charge in [0, 0.05) is 32.6 Å². The van der Waals surface area contributed by atoms with Crippen LogP contribution in [-0.4, -0.2) is 42.1 Å². The second-order valence-electron chi connectivity index (χ2n) is 5.04. The predicted molar refractivity (Wildman–Crippen MR) is 76.8 cm³/mol. The molecule has 20 heavy (non-hydrogen) atoms. The van der Waals surface area contributed by atoms with E-state index in [4.69, 9.17) is 4.74 Å². The molecule has 1 aliphatic heterocycles. The van der Waals surface area contributed by atoms with E-state index in [1.807, 2.05) is 13.0 Å². The summed E-state index contributed by atoms with van der Waals surface area (Å²) in [5.74, 6) is 2.01. The van der Waals surface area contributed by atoms with Crippen LogP contribution in [0.5, 0.6) is 5.88 Å². The maximum absolute atomic E-state index is 11.0. The maximum atomic E-state index is 11.0. The molecule has 6 heteroatoms. The van der Waals surface area contributed by atoms with E-state index < -0.39 is 0 Å². The fourth-order valence-electron chi connectivity index (χ4n) is 2.46. The van der Waals surface area contributed by atoms with E-state index in [1.54, 1.807) is 6.92 Å². The summed E-state index contributed by atoms with van der Waals surface area (Å²) in [5.41, 5.74) is 0. The minimum Gasteiger partial charge on any atom is -0.478 e. The molecule has 0 saturated carbocycles. The van der Waals surface area contributed by atoms with Gasteiger partial charge in [-0.3, -0.25) is 4.79 Å². The molecule has 1 fully saturated rings. The van der Waals surface area contributed by atoms with Crippen molar-refractivity contribution in [3.05, 3.63) is 12.4 Å². The summed E-state index contributed by atoms with van der Waals surface area (Å²) in [6, 6.07) is 1.88. The van der Waals surface area contributed by atoms with Gasteiger partial charge in [-0.1, -0.05) is 0 Å². The Morgan fingerprint density at radius 3 is 3.15 bits per heavy atom. The van der Waals surface area contributed by atoms with Gasteiger partial charge in [-0.2, -0.15) is 0 Å². The summed E-state index contributed by atoms with van der Waals surface area (Å²) >= 11 is 0. The van der Waals surface area contributed by atoms with Gasteiger partial charge in [-0.15, -0.1) is 0 Å². The number of nitrogens with zero attached hydrogens (tertiary/aromatic N) is 3. The van der Waals surface area contributed by atoms with E-state index in [2.05, 4.69) is 20.2 Å². The normalized spacial score (nSPS) is 18.7. The highest BCUT2D eigenvalue weighted by molar-refractivity contribution is 5.72. The van der Waals surface area contributed by atoms with Crippen molar-refractivity contribution >= 4 is 11.7 Å². The predicted octanol–water partition coefficient (Wildman–Crippen LogP) is 1.23. The highest BCUT2D eigenvalue weighted by Gasteiger charge is 2.21. The summed E-state index contributed by atoms with van der Waals surface area (Å²) in [5, 5.41) is 2.90. The van der Waals surface area contributed by atoms with Gasteiger partial charge < -0.3 is 15.0 Å². The first-order valence-electron chi connectivity index (χ1n) is 7.13. The Kier molecular flexibility index (Phi) is 5.15. The molecule has 0 aliphatic carbocycles. The Bertz CT molecular complexity index is 453. The summed E-state index contributed by atoms with van der Waals surface area (Å²) < 4.78 is 5.41. The van der Waals surface area contributed by atoms with E-state index >= 15 is 0 Å². The van der Waals surface area contributed by atoms with Crippen LogP contribution in [0, 0.1) is 5.92 Å². The first kappa shape index (κ1) is 14.6. The van der Waals surface area contributed by atoms with E-state index in [0.29, 0.717) is 18.4 Å². The highest BCUT2D eigenvalue weighted by Crippen LogP contribution is 2.23. The third-order valence-corrected chi connectivity index (χ3v) is 3.40. The number of anilines is 1. The van der Waals surface area contributed by atoms with Crippen LogP contribution in [-0.2, 0) is 4.79 Å². The summed E-state index contributed by atoms with van der Waals surface area (Å²) in [7, 11) is 0. The summed E-state index contributed by atoms with van der Waals surface area (Å²) in [4.78, 5) is 21.6. The number of piperidine rings is 1. The Labute approximate surface area is 119 Å². The second-order valence-corrected chi connectivity index (χ2v) is 5.04. The molecule has 2 rings (SSSR count). The number of hydrogen-bond acceptors (Lipinski definition) is 5. The fraction of sp³-hybridized carbons (Fsp3) is 0.643. The van der Waals surface area contributed by atoms with Crippen LogP contribution in [0.25, 0.3) is 0 Å². The fourth-order valence-corrected chi connectivity index (χ4v) is 2.46. The molecule has 6 nitrogen and oxygen atoms in total. The van der Waals surface area contributed by atoms with Gasteiger partial charge in [0.2, 0.25) is 11.8 Å². The van der Waals surface area contributed by atoms with Crippen molar-refractivity contribution in [2.24, 2.45) is 5.92 Å². The third kappa shape index (κ3) is 4.08. The topological polar surface area (TPSA) is 67.3 Å². The number of carbonyl (C=O) groups is 1. The number of aromatic nitrogens is 2. The molecule has 1 N–H and O–H groups in total. The average Bonchev–Trinajstić information content (AvgIpc) is 2.46. The number of amides is 1. The second kappa shape index (κ2) is 7.07. The molecule has 2 heterocycles. The zero-order valence-corrected chi connectivity index (χ0v) is 12.1. The SMILES string of the molecule is CCOc1cc(N2CCCC(CNC(C)=O)C2)ncn1. The van der Waals surface area contributed by atoms with Gasteiger partial charge in [0.25, 0.3) is 0 Å². The van der Waals surface area contributed by atoms with Gasteiger partial charge in [0.15, 0.2) is 0 Å². The quantitative estimate of drug-likeness (QED) is 0.877. The third-order valence-electron chi connectivity index (χ3n) is 3.40. The lowest BCUT2D eigenvalue weighted by molar-refractivity contribution is -0.119. The smallest absolute Gasteiger partial charge is 0.218 e. The molecule has 1 aromatic heterocycles. The lowest BCUT2D eigenvalue weighted by Crippen LogP contribution is -2.40. The molecular weight excluding hydrogens is 256 g/mol. The van der Waals surface area contributed by atoms with Crippen molar-refractivity contribution in [2.75, 3.05) is 31.1 Å². The Hall–Kier alpha value is -1.85. The maximum Gasteiger partial charge on any atom is 0.218 e. The molecule has 0 spiro atoms. The number of hydrogen-bond donors (Lipinski definition) is 1.